The third-order valence-electron chi connectivity index (χ3n) is 4.98. The van der Waals surface area contributed by atoms with Crippen LogP contribution in [0.5, 0.6) is 11.5 Å². The number of nitrogens with one attached hydrogen (secondary N) is 1. The Labute approximate surface area is 159 Å². The van der Waals surface area contributed by atoms with Crippen LogP contribution in [0.25, 0.3) is 0 Å². The van der Waals surface area contributed by atoms with Crippen LogP contribution in [0.2, 0.25) is 0 Å². The fourth-order valence-corrected chi connectivity index (χ4v) is 3.54. The highest BCUT2D eigenvalue weighted by atomic mass is 16.5. The standard InChI is InChI=1S/C22H25NO4/c1-15-4-6-19(21(11-15)27-14-18-3-2-9-25-18)23-22(24)13-16-5-7-20-17(12-16)8-10-26-20/h4-7,11-12,18H,2-3,8-10,13-14H2,1H3,(H,23,24). The molecule has 0 aliphatic carbocycles. The maximum absolute atomic E-state index is 12.6. The SMILES string of the molecule is Cc1ccc(NC(=O)Cc2ccc3c(c2)CCO3)c(OCC2CCCO2)c1. The van der Waals surface area contributed by atoms with E-state index < -0.39 is 0 Å². The maximum atomic E-state index is 12.6. The molecule has 0 bridgehead atoms. The number of aryl methyl sites for hydroxylation is 1. The number of anilines is 1. The van der Waals surface area contributed by atoms with Crippen LogP contribution in [0.15, 0.2) is 36.4 Å². The summed E-state index contributed by atoms with van der Waals surface area (Å²) >= 11 is 0. The molecule has 0 aromatic heterocycles. The molecule has 2 aromatic carbocycles. The molecule has 0 radical (unpaired) electrons. The topological polar surface area (TPSA) is 56.8 Å². The first-order valence-corrected chi connectivity index (χ1v) is 9.57. The van der Waals surface area contributed by atoms with E-state index in [4.69, 9.17) is 14.2 Å². The molecule has 1 unspecified atom stereocenters. The number of amides is 1. The summed E-state index contributed by atoms with van der Waals surface area (Å²) in [5, 5.41) is 2.99. The van der Waals surface area contributed by atoms with E-state index in [9.17, 15) is 4.79 Å². The molecule has 27 heavy (non-hydrogen) atoms. The molecule has 1 fully saturated rings. The van der Waals surface area contributed by atoms with Crippen molar-refractivity contribution < 1.29 is 19.0 Å². The minimum atomic E-state index is -0.0558. The second-order valence-corrected chi connectivity index (χ2v) is 7.21. The predicted octanol–water partition coefficient (Wildman–Crippen LogP) is 3.67. The average Bonchev–Trinajstić information content (AvgIpc) is 3.33. The second kappa shape index (κ2) is 8.01. The van der Waals surface area contributed by atoms with E-state index in [0.29, 0.717) is 24.5 Å². The molecule has 1 amide bonds. The molecule has 2 aromatic rings. The number of hydrogen-bond donors (Lipinski definition) is 1. The highest BCUT2D eigenvalue weighted by Crippen LogP contribution is 2.28. The van der Waals surface area contributed by atoms with Crippen LogP contribution in [-0.4, -0.2) is 31.8 Å². The lowest BCUT2D eigenvalue weighted by molar-refractivity contribution is -0.115. The first-order valence-electron chi connectivity index (χ1n) is 9.57. The summed E-state index contributed by atoms with van der Waals surface area (Å²) in [6, 6.07) is 11.8. The molecule has 142 valence electrons. The Morgan fingerprint density at radius 2 is 2.15 bits per heavy atom. The summed E-state index contributed by atoms with van der Waals surface area (Å²) < 4.78 is 17.1. The van der Waals surface area contributed by atoms with Gasteiger partial charge in [0.25, 0.3) is 0 Å². The summed E-state index contributed by atoms with van der Waals surface area (Å²) in [5.74, 6) is 1.57. The van der Waals surface area contributed by atoms with Crippen molar-refractivity contribution in [2.75, 3.05) is 25.1 Å². The molecule has 2 heterocycles. The lowest BCUT2D eigenvalue weighted by Crippen LogP contribution is -2.19. The summed E-state index contributed by atoms with van der Waals surface area (Å²) in [7, 11) is 0. The van der Waals surface area contributed by atoms with Gasteiger partial charge in [-0.05, 0) is 54.7 Å². The average molecular weight is 367 g/mol. The van der Waals surface area contributed by atoms with Gasteiger partial charge in [0, 0.05) is 13.0 Å². The van der Waals surface area contributed by atoms with Gasteiger partial charge in [0.2, 0.25) is 5.91 Å². The quantitative estimate of drug-likeness (QED) is 0.846. The van der Waals surface area contributed by atoms with E-state index >= 15 is 0 Å². The van der Waals surface area contributed by atoms with Gasteiger partial charge in [-0.25, -0.2) is 0 Å². The minimum Gasteiger partial charge on any atom is -0.493 e. The highest BCUT2D eigenvalue weighted by molar-refractivity contribution is 5.93. The normalized spacial score (nSPS) is 18.0. The molecule has 5 heteroatoms. The van der Waals surface area contributed by atoms with E-state index in [1.807, 2.05) is 37.3 Å². The Balaban J connectivity index is 1.41. The zero-order valence-corrected chi connectivity index (χ0v) is 15.6. The van der Waals surface area contributed by atoms with Crippen molar-refractivity contribution in [1.29, 1.82) is 0 Å². The Hall–Kier alpha value is -2.53. The predicted molar refractivity (Wildman–Crippen MR) is 104 cm³/mol. The monoisotopic (exact) mass is 367 g/mol. The Morgan fingerprint density at radius 1 is 1.22 bits per heavy atom. The van der Waals surface area contributed by atoms with Crippen LogP contribution < -0.4 is 14.8 Å². The second-order valence-electron chi connectivity index (χ2n) is 7.21. The molecule has 5 nitrogen and oxygen atoms in total. The van der Waals surface area contributed by atoms with Crippen molar-refractivity contribution in [2.45, 2.75) is 38.7 Å². The molecule has 0 saturated carbocycles. The van der Waals surface area contributed by atoms with Crippen LogP contribution in [0.1, 0.15) is 29.5 Å². The van der Waals surface area contributed by atoms with E-state index in [-0.39, 0.29) is 12.0 Å². The number of ether oxygens (including phenoxy) is 3. The molecule has 0 spiro atoms. The van der Waals surface area contributed by atoms with Crippen LogP contribution in [0, 0.1) is 6.92 Å². The van der Waals surface area contributed by atoms with Crippen molar-refractivity contribution in [3.05, 3.63) is 53.1 Å². The fraction of sp³-hybridized carbons (Fsp3) is 0.409. The van der Waals surface area contributed by atoms with Crippen molar-refractivity contribution in [3.63, 3.8) is 0 Å². The van der Waals surface area contributed by atoms with E-state index in [1.54, 1.807) is 0 Å². The summed E-state index contributed by atoms with van der Waals surface area (Å²) in [5.41, 5.74) is 3.96. The number of carbonyl (C=O) groups is 1. The molecule has 1 saturated heterocycles. The third-order valence-corrected chi connectivity index (χ3v) is 4.98. The van der Waals surface area contributed by atoms with Gasteiger partial charge in [-0.3, -0.25) is 4.79 Å². The summed E-state index contributed by atoms with van der Waals surface area (Å²) in [6.45, 7) is 4.05. The number of rotatable bonds is 6. The number of hydrogen-bond acceptors (Lipinski definition) is 4. The van der Waals surface area contributed by atoms with Gasteiger partial charge in [-0.2, -0.15) is 0 Å². The molecular weight excluding hydrogens is 342 g/mol. The molecule has 1 atom stereocenters. The molecular formula is C22H25NO4. The van der Waals surface area contributed by atoms with E-state index in [2.05, 4.69) is 11.4 Å². The zero-order chi connectivity index (χ0) is 18.6. The first-order chi connectivity index (χ1) is 13.2. The smallest absolute Gasteiger partial charge is 0.228 e. The Kier molecular flexibility index (Phi) is 5.30. The van der Waals surface area contributed by atoms with Crippen LogP contribution >= 0.6 is 0 Å². The van der Waals surface area contributed by atoms with Crippen LogP contribution in [0.4, 0.5) is 5.69 Å². The first kappa shape index (κ1) is 17.9. The number of fused-ring (bicyclic) bond motifs is 1. The van der Waals surface area contributed by atoms with Gasteiger partial charge < -0.3 is 19.5 Å². The van der Waals surface area contributed by atoms with Gasteiger partial charge in [-0.1, -0.05) is 18.2 Å². The lowest BCUT2D eigenvalue weighted by Gasteiger charge is -2.16. The van der Waals surface area contributed by atoms with Crippen molar-refractivity contribution in [3.8, 4) is 11.5 Å². The van der Waals surface area contributed by atoms with Gasteiger partial charge >= 0.3 is 0 Å². The Bertz CT molecular complexity index is 827. The van der Waals surface area contributed by atoms with Crippen molar-refractivity contribution in [1.82, 2.24) is 0 Å². The maximum Gasteiger partial charge on any atom is 0.228 e. The van der Waals surface area contributed by atoms with E-state index in [1.165, 1.54) is 5.56 Å². The highest BCUT2D eigenvalue weighted by Gasteiger charge is 2.18. The zero-order valence-electron chi connectivity index (χ0n) is 15.6. The van der Waals surface area contributed by atoms with Crippen molar-refractivity contribution in [2.24, 2.45) is 0 Å². The molecule has 1 N–H and O–H groups in total. The fourth-order valence-electron chi connectivity index (χ4n) is 3.54. The van der Waals surface area contributed by atoms with Crippen LogP contribution in [0.3, 0.4) is 0 Å². The summed E-state index contributed by atoms with van der Waals surface area (Å²) in [6.07, 6.45) is 3.48. The minimum absolute atomic E-state index is 0.0558. The van der Waals surface area contributed by atoms with Crippen molar-refractivity contribution >= 4 is 11.6 Å². The van der Waals surface area contributed by atoms with Gasteiger partial charge in [0.05, 0.1) is 24.8 Å². The van der Waals surface area contributed by atoms with E-state index in [0.717, 1.165) is 49.4 Å². The summed E-state index contributed by atoms with van der Waals surface area (Å²) in [4.78, 5) is 12.6. The van der Waals surface area contributed by atoms with Crippen LogP contribution in [-0.2, 0) is 22.4 Å². The third kappa shape index (κ3) is 4.42. The van der Waals surface area contributed by atoms with Gasteiger partial charge in [0.15, 0.2) is 0 Å². The molecule has 2 aliphatic heterocycles. The largest absolute Gasteiger partial charge is 0.493 e. The molecule has 4 rings (SSSR count). The van der Waals surface area contributed by atoms with Gasteiger partial charge in [0.1, 0.15) is 18.1 Å². The van der Waals surface area contributed by atoms with Gasteiger partial charge in [-0.15, -0.1) is 0 Å². The molecule has 2 aliphatic rings. The number of carbonyl (C=O) groups excluding carboxylic acids is 1. The Morgan fingerprint density at radius 3 is 3.00 bits per heavy atom. The lowest BCUT2D eigenvalue weighted by atomic mass is 10.1. The number of benzene rings is 2.